The molecule has 0 unspecified atom stereocenters. The minimum absolute atomic E-state index is 0. The molecule has 1 aromatic carbocycles. The van der Waals surface area contributed by atoms with Crippen molar-refractivity contribution in [2.75, 3.05) is 40.0 Å². The fraction of sp³-hybridized carbons (Fsp3) is 0.571. The SMILES string of the molecule is COc1ccccc1[C@@H](CCF)N1CCNCC1.Cl. The lowest BCUT2D eigenvalue weighted by molar-refractivity contribution is 0.155. The number of hydrogen-bond acceptors (Lipinski definition) is 3. The smallest absolute Gasteiger partial charge is 0.123 e. The van der Waals surface area contributed by atoms with Crippen LogP contribution in [0.5, 0.6) is 5.75 Å². The number of ether oxygens (including phenoxy) is 1. The Kier molecular flexibility index (Phi) is 7.13. The first-order valence-corrected chi connectivity index (χ1v) is 6.50. The van der Waals surface area contributed by atoms with Crippen LogP contribution in [-0.4, -0.2) is 44.9 Å². The number of nitrogens with one attached hydrogen (secondary N) is 1. The quantitative estimate of drug-likeness (QED) is 0.901. The molecule has 0 radical (unpaired) electrons. The molecule has 1 atom stereocenters. The van der Waals surface area contributed by atoms with E-state index in [9.17, 15) is 4.39 Å². The van der Waals surface area contributed by atoms with Gasteiger partial charge in [0.25, 0.3) is 0 Å². The summed E-state index contributed by atoms with van der Waals surface area (Å²) in [5.74, 6) is 0.856. The van der Waals surface area contributed by atoms with Crippen LogP contribution in [0.4, 0.5) is 4.39 Å². The van der Waals surface area contributed by atoms with Gasteiger partial charge in [0.2, 0.25) is 0 Å². The third-order valence-electron chi connectivity index (χ3n) is 3.47. The highest BCUT2D eigenvalue weighted by molar-refractivity contribution is 5.85. The van der Waals surface area contributed by atoms with Crippen LogP contribution in [0.3, 0.4) is 0 Å². The second-order valence-electron chi connectivity index (χ2n) is 4.52. The first-order valence-electron chi connectivity index (χ1n) is 6.50. The molecule has 0 aromatic heterocycles. The predicted molar refractivity (Wildman–Crippen MR) is 78.0 cm³/mol. The maximum atomic E-state index is 12.8. The van der Waals surface area contributed by atoms with Gasteiger partial charge in [-0.3, -0.25) is 9.29 Å². The summed E-state index contributed by atoms with van der Waals surface area (Å²) in [4.78, 5) is 2.34. The molecular weight excluding hydrogens is 267 g/mol. The molecule has 1 N–H and O–H groups in total. The van der Waals surface area contributed by atoms with Gasteiger partial charge in [0.05, 0.1) is 13.8 Å². The van der Waals surface area contributed by atoms with Gasteiger partial charge < -0.3 is 10.1 Å². The zero-order valence-corrected chi connectivity index (χ0v) is 12.1. The van der Waals surface area contributed by atoms with E-state index in [1.165, 1.54) is 0 Å². The molecule has 0 amide bonds. The molecule has 1 aliphatic rings. The van der Waals surface area contributed by atoms with Crippen LogP contribution in [0.25, 0.3) is 0 Å². The van der Waals surface area contributed by atoms with Gasteiger partial charge in [-0.05, 0) is 12.5 Å². The summed E-state index contributed by atoms with van der Waals surface area (Å²) in [6.07, 6.45) is 0.528. The van der Waals surface area contributed by atoms with Crippen LogP contribution >= 0.6 is 12.4 Å². The summed E-state index contributed by atoms with van der Waals surface area (Å²) >= 11 is 0. The second kappa shape index (κ2) is 8.35. The average Bonchev–Trinajstić information content (AvgIpc) is 2.46. The van der Waals surface area contributed by atoms with Crippen LogP contribution < -0.4 is 10.1 Å². The van der Waals surface area contributed by atoms with Gasteiger partial charge in [-0.15, -0.1) is 12.4 Å². The molecule has 1 saturated heterocycles. The lowest BCUT2D eigenvalue weighted by Gasteiger charge is -2.35. The van der Waals surface area contributed by atoms with Crippen molar-refractivity contribution in [2.45, 2.75) is 12.5 Å². The molecule has 3 nitrogen and oxygen atoms in total. The molecule has 1 aliphatic heterocycles. The summed E-state index contributed by atoms with van der Waals surface area (Å²) in [7, 11) is 1.67. The molecule has 0 saturated carbocycles. The molecular formula is C14H22ClFN2O. The van der Waals surface area contributed by atoms with Crippen molar-refractivity contribution in [3.63, 3.8) is 0 Å². The Morgan fingerprint density at radius 3 is 2.63 bits per heavy atom. The standard InChI is InChI=1S/C14H21FN2O.ClH/c1-18-14-5-3-2-4-12(14)13(6-7-15)17-10-8-16-9-11-17;/h2-5,13,16H,6-11H2,1H3;1H/t13-;/m1./s1. The summed E-state index contributed by atoms with van der Waals surface area (Å²) in [6.45, 7) is 3.56. The normalized spacial score (nSPS) is 17.6. The number of benzene rings is 1. The number of nitrogens with zero attached hydrogens (tertiary/aromatic N) is 1. The molecule has 0 aliphatic carbocycles. The summed E-state index contributed by atoms with van der Waals surface area (Å²) in [6, 6.07) is 8.05. The zero-order chi connectivity index (χ0) is 12.8. The Labute approximate surface area is 120 Å². The van der Waals surface area contributed by atoms with E-state index in [2.05, 4.69) is 10.2 Å². The number of rotatable bonds is 5. The Balaban J connectivity index is 0.00000180. The van der Waals surface area contributed by atoms with E-state index >= 15 is 0 Å². The van der Waals surface area contributed by atoms with Crippen LogP contribution in [0, 0.1) is 0 Å². The number of para-hydroxylation sites is 1. The lowest BCUT2D eigenvalue weighted by Crippen LogP contribution is -2.45. The highest BCUT2D eigenvalue weighted by atomic mass is 35.5. The molecule has 19 heavy (non-hydrogen) atoms. The van der Waals surface area contributed by atoms with Crippen molar-refractivity contribution in [3.05, 3.63) is 29.8 Å². The molecule has 1 heterocycles. The number of hydrogen-bond donors (Lipinski definition) is 1. The van der Waals surface area contributed by atoms with Crippen molar-refractivity contribution >= 4 is 12.4 Å². The van der Waals surface area contributed by atoms with E-state index in [0.717, 1.165) is 37.5 Å². The molecule has 1 aromatic rings. The lowest BCUT2D eigenvalue weighted by atomic mass is 10.0. The van der Waals surface area contributed by atoms with Gasteiger partial charge in [0, 0.05) is 37.8 Å². The minimum Gasteiger partial charge on any atom is -0.496 e. The fourth-order valence-electron chi connectivity index (χ4n) is 2.57. The third kappa shape index (κ3) is 4.06. The van der Waals surface area contributed by atoms with Gasteiger partial charge in [0.15, 0.2) is 0 Å². The molecule has 5 heteroatoms. The largest absolute Gasteiger partial charge is 0.496 e. The van der Waals surface area contributed by atoms with Gasteiger partial charge in [-0.2, -0.15) is 0 Å². The first kappa shape index (κ1) is 16.2. The molecule has 0 spiro atoms. The third-order valence-corrected chi connectivity index (χ3v) is 3.47. The van der Waals surface area contributed by atoms with Crippen LogP contribution in [0.2, 0.25) is 0 Å². The van der Waals surface area contributed by atoms with E-state index in [1.807, 2.05) is 24.3 Å². The maximum Gasteiger partial charge on any atom is 0.123 e. The van der Waals surface area contributed by atoms with Crippen LogP contribution in [0.1, 0.15) is 18.0 Å². The zero-order valence-electron chi connectivity index (χ0n) is 11.3. The Morgan fingerprint density at radius 1 is 1.32 bits per heavy atom. The highest BCUT2D eigenvalue weighted by Crippen LogP contribution is 2.31. The van der Waals surface area contributed by atoms with E-state index in [0.29, 0.717) is 6.42 Å². The summed E-state index contributed by atoms with van der Waals surface area (Å²) in [5.41, 5.74) is 1.10. The van der Waals surface area contributed by atoms with E-state index in [1.54, 1.807) is 7.11 Å². The van der Waals surface area contributed by atoms with Gasteiger partial charge in [0.1, 0.15) is 5.75 Å². The van der Waals surface area contributed by atoms with E-state index in [4.69, 9.17) is 4.74 Å². The van der Waals surface area contributed by atoms with Crippen molar-refractivity contribution in [2.24, 2.45) is 0 Å². The van der Waals surface area contributed by atoms with Gasteiger partial charge >= 0.3 is 0 Å². The van der Waals surface area contributed by atoms with Crippen molar-refractivity contribution in [1.82, 2.24) is 10.2 Å². The van der Waals surface area contributed by atoms with Gasteiger partial charge in [-0.25, -0.2) is 0 Å². The highest BCUT2D eigenvalue weighted by Gasteiger charge is 2.24. The Hall–Kier alpha value is -0.840. The van der Waals surface area contributed by atoms with Crippen molar-refractivity contribution in [1.29, 1.82) is 0 Å². The minimum atomic E-state index is -0.299. The topological polar surface area (TPSA) is 24.5 Å². The summed E-state index contributed by atoms with van der Waals surface area (Å²) in [5, 5.41) is 3.33. The van der Waals surface area contributed by atoms with E-state index < -0.39 is 0 Å². The van der Waals surface area contributed by atoms with Crippen LogP contribution in [0.15, 0.2) is 24.3 Å². The predicted octanol–water partition coefficient (Wildman–Crippen LogP) is 2.42. The molecule has 2 rings (SSSR count). The fourth-order valence-corrected chi connectivity index (χ4v) is 2.57. The number of piperazine rings is 1. The average molecular weight is 289 g/mol. The monoisotopic (exact) mass is 288 g/mol. The Bertz CT molecular complexity index is 372. The maximum absolute atomic E-state index is 12.8. The van der Waals surface area contributed by atoms with Gasteiger partial charge in [-0.1, -0.05) is 18.2 Å². The first-order chi connectivity index (χ1) is 8.86. The number of alkyl halides is 1. The number of halogens is 2. The molecule has 108 valence electrons. The molecule has 1 fully saturated rings. The van der Waals surface area contributed by atoms with Crippen molar-refractivity contribution in [3.8, 4) is 5.75 Å². The van der Waals surface area contributed by atoms with Crippen LogP contribution in [-0.2, 0) is 0 Å². The number of methoxy groups -OCH3 is 1. The van der Waals surface area contributed by atoms with Crippen molar-refractivity contribution < 1.29 is 9.13 Å². The molecule has 0 bridgehead atoms. The Morgan fingerprint density at radius 2 is 2.00 bits per heavy atom. The summed E-state index contributed by atoms with van der Waals surface area (Å²) < 4.78 is 18.2. The second-order valence-corrected chi connectivity index (χ2v) is 4.52. The van der Waals surface area contributed by atoms with E-state index in [-0.39, 0.29) is 25.1 Å².